The van der Waals surface area contributed by atoms with Crippen molar-refractivity contribution < 1.29 is 9.47 Å². The van der Waals surface area contributed by atoms with E-state index >= 15 is 0 Å². The number of nitrogens with two attached hydrogens (primary N) is 1. The third-order valence-corrected chi connectivity index (χ3v) is 2.32. The van der Waals surface area contributed by atoms with Crippen molar-refractivity contribution in [1.82, 2.24) is 9.55 Å². The molecule has 0 bridgehead atoms. The molecule has 92 valence electrons. The van der Waals surface area contributed by atoms with E-state index in [0.29, 0.717) is 19.8 Å². The van der Waals surface area contributed by atoms with Crippen LogP contribution in [-0.2, 0) is 22.4 Å². The Balaban J connectivity index is 2.13. The molecule has 0 aromatic carbocycles. The molecular weight excluding hydrogens is 206 g/mol. The number of nitrogens with zero attached hydrogens (tertiary/aromatic N) is 2. The Bertz CT molecular complexity index is 276. The van der Waals surface area contributed by atoms with Gasteiger partial charge >= 0.3 is 0 Å². The largest absolute Gasteiger partial charge is 0.382 e. The van der Waals surface area contributed by atoms with Gasteiger partial charge < -0.3 is 19.8 Å². The SMILES string of the molecule is COCCOCCCn1cncc1CCN. The lowest BCUT2D eigenvalue weighted by molar-refractivity contribution is 0.0679. The summed E-state index contributed by atoms with van der Waals surface area (Å²) in [6.07, 6.45) is 5.58. The van der Waals surface area contributed by atoms with Crippen LogP contribution in [0.3, 0.4) is 0 Å². The fourth-order valence-electron chi connectivity index (χ4n) is 1.49. The maximum Gasteiger partial charge on any atom is 0.0948 e. The van der Waals surface area contributed by atoms with Crippen LogP contribution in [0.1, 0.15) is 12.1 Å². The van der Waals surface area contributed by atoms with Crippen molar-refractivity contribution in [2.24, 2.45) is 5.73 Å². The van der Waals surface area contributed by atoms with Gasteiger partial charge in [0.05, 0.1) is 19.5 Å². The highest BCUT2D eigenvalue weighted by atomic mass is 16.5. The molecule has 0 unspecified atom stereocenters. The Morgan fingerprint density at radius 2 is 2.25 bits per heavy atom. The van der Waals surface area contributed by atoms with Crippen LogP contribution in [-0.4, -0.2) is 43.0 Å². The summed E-state index contributed by atoms with van der Waals surface area (Å²) >= 11 is 0. The van der Waals surface area contributed by atoms with E-state index in [2.05, 4.69) is 9.55 Å². The zero-order valence-corrected chi connectivity index (χ0v) is 9.89. The molecule has 0 aliphatic heterocycles. The number of aromatic nitrogens is 2. The summed E-state index contributed by atoms with van der Waals surface area (Å²) in [5, 5.41) is 0. The van der Waals surface area contributed by atoms with Crippen molar-refractivity contribution in [3.63, 3.8) is 0 Å². The summed E-state index contributed by atoms with van der Waals surface area (Å²) in [4.78, 5) is 4.12. The van der Waals surface area contributed by atoms with Gasteiger partial charge in [0.1, 0.15) is 0 Å². The van der Waals surface area contributed by atoms with Gasteiger partial charge in [-0.15, -0.1) is 0 Å². The third-order valence-electron chi connectivity index (χ3n) is 2.32. The van der Waals surface area contributed by atoms with Gasteiger partial charge in [-0.3, -0.25) is 0 Å². The van der Waals surface area contributed by atoms with E-state index in [1.54, 1.807) is 7.11 Å². The molecule has 0 spiro atoms. The van der Waals surface area contributed by atoms with Crippen LogP contribution in [0.25, 0.3) is 0 Å². The number of methoxy groups -OCH3 is 1. The molecule has 5 heteroatoms. The van der Waals surface area contributed by atoms with E-state index in [-0.39, 0.29) is 0 Å². The van der Waals surface area contributed by atoms with Gasteiger partial charge in [-0.1, -0.05) is 0 Å². The first-order chi connectivity index (χ1) is 7.88. The number of ether oxygens (including phenoxy) is 2. The molecule has 0 saturated carbocycles. The zero-order valence-electron chi connectivity index (χ0n) is 9.89. The summed E-state index contributed by atoms with van der Waals surface area (Å²) < 4.78 is 12.4. The maximum atomic E-state index is 5.52. The molecule has 2 N–H and O–H groups in total. The van der Waals surface area contributed by atoms with E-state index in [0.717, 1.165) is 26.0 Å². The first-order valence-corrected chi connectivity index (χ1v) is 5.64. The van der Waals surface area contributed by atoms with Crippen LogP contribution in [0, 0.1) is 0 Å². The van der Waals surface area contributed by atoms with E-state index in [1.165, 1.54) is 5.69 Å². The van der Waals surface area contributed by atoms with E-state index in [4.69, 9.17) is 15.2 Å². The molecule has 1 rings (SSSR count). The zero-order chi connectivity index (χ0) is 11.6. The monoisotopic (exact) mass is 227 g/mol. The minimum absolute atomic E-state index is 0.656. The van der Waals surface area contributed by atoms with Crippen LogP contribution in [0.2, 0.25) is 0 Å². The third kappa shape index (κ3) is 4.74. The average molecular weight is 227 g/mol. The topological polar surface area (TPSA) is 62.3 Å². The summed E-state index contributed by atoms with van der Waals surface area (Å²) in [5.74, 6) is 0. The molecule has 1 heterocycles. The molecule has 16 heavy (non-hydrogen) atoms. The maximum absolute atomic E-state index is 5.52. The van der Waals surface area contributed by atoms with E-state index in [1.807, 2.05) is 12.5 Å². The number of imidazole rings is 1. The molecule has 0 saturated heterocycles. The van der Waals surface area contributed by atoms with Gasteiger partial charge in [0.15, 0.2) is 0 Å². The second-order valence-electron chi connectivity index (χ2n) is 3.58. The highest BCUT2D eigenvalue weighted by molar-refractivity contribution is 4.98. The van der Waals surface area contributed by atoms with Crippen LogP contribution < -0.4 is 5.73 Å². The van der Waals surface area contributed by atoms with Crippen LogP contribution in [0.4, 0.5) is 0 Å². The quantitative estimate of drug-likeness (QED) is 0.622. The number of hydrogen-bond donors (Lipinski definition) is 1. The first-order valence-electron chi connectivity index (χ1n) is 5.64. The van der Waals surface area contributed by atoms with Gasteiger partial charge in [-0.2, -0.15) is 0 Å². The van der Waals surface area contributed by atoms with E-state index in [9.17, 15) is 0 Å². The molecular formula is C11H21N3O2. The standard InChI is InChI=1S/C11H21N3O2/c1-15-7-8-16-6-2-5-14-10-13-9-11(14)3-4-12/h9-10H,2-8,12H2,1H3. The summed E-state index contributed by atoms with van der Waals surface area (Å²) in [6, 6.07) is 0. The normalized spacial score (nSPS) is 10.9. The fourth-order valence-corrected chi connectivity index (χ4v) is 1.49. The fraction of sp³-hybridized carbons (Fsp3) is 0.727. The molecule has 0 aliphatic carbocycles. The second-order valence-corrected chi connectivity index (χ2v) is 3.58. The van der Waals surface area contributed by atoms with Gasteiger partial charge in [-0.05, 0) is 13.0 Å². The molecule has 1 aromatic rings. The summed E-state index contributed by atoms with van der Waals surface area (Å²) in [6.45, 7) is 3.67. The van der Waals surface area contributed by atoms with Crippen molar-refractivity contribution in [2.75, 3.05) is 33.5 Å². The van der Waals surface area contributed by atoms with Gasteiger partial charge in [-0.25, -0.2) is 4.98 Å². The minimum Gasteiger partial charge on any atom is -0.382 e. The van der Waals surface area contributed by atoms with Gasteiger partial charge in [0.25, 0.3) is 0 Å². The van der Waals surface area contributed by atoms with Crippen LogP contribution in [0.15, 0.2) is 12.5 Å². The Labute approximate surface area is 96.6 Å². The first kappa shape index (κ1) is 13.2. The summed E-state index contributed by atoms with van der Waals surface area (Å²) in [7, 11) is 1.67. The van der Waals surface area contributed by atoms with Crippen molar-refractivity contribution in [3.05, 3.63) is 18.2 Å². The number of hydrogen-bond acceptors (Lipinski definition) is 4. The Morgan fingerprint density at radius 3 is 3.00 bits per heavy atom. The van der Waals surface area contributed by atoms with Crippen molar-refractivity contribution in [2.45, 2.75) is 19.4 Å². The predicted molar refractivity (Wildman–Crippen MR) is 62.3 cm³/mol. The highest BCUT2D eigenvalue weighted by Crippen LogP contribution is 2.01. The lowest BCUT2D eigenvalue weighted by Crippen LogP contribution is -2.10. The minimum atomic E-state index is 0.656. The van der Waals surface area contributed by atoms with Crippen molar-refractivity contribution in [3.8, 4) is 0 Å². The Morgan fingerprint density at radius 1 is 1.38 bits per heavy atom. The molecule has 0 aliphatic rings. The molecule has 0 amide bonds. The Hall–Kier alpha value is -0.910. The second kappa shape index (κ2) is 8.27. The van der Waals surface area contributed by atoms with Crippen molar-refractivity contribution >= 4 is 0 Å². The van der Waals surface area contributed by atoms with Crippen LogP contribution >= 0.6 is 0 Å². The molecule has 1 aromatic heterocycles. The van der Waals surface area contributed by atoms with Gasteiger partial charge in [0, 0.05) is 38.6 Å². The smallest absolute Gasteiger partial charge is 0.0948 e. The Kier molecular flexibility index (Phi) is 6.80. The lowest BCUT2D eigenvalue weighted by Gasteiger charge is -2.07. The molecule has 5 nitrogen and oxygen atoms in total. The molecule has 0 radical (unpaired) electrons. The average Bonchev–Trinajstić information content (AvgIpc) is 2.72. The lowest BCUT2D eigenvalue weighted by atomic mass is 10.3. The summed E-state index contributed by atoms with van der Waals surface area (Å²) in [5.41, 5.74) is 6.71. The number of aryl methyl sites for hydroxylation is 1. The van der Waals surface area contributed by atoms with Crippen molar-refractivity contribution in [1.29, 1.82) is 0 Å². The molecule has 0 atom stereocenters. The highest BCUT2D eigenvalue weighted by Gasteiger charge is 2.00. The predicted octanol–water partition coefficient (Wildman–Crippen LogP) is 0.437. The molecule has 0 fully saturated rings. The van der Waals surface area contributed by atoms with Gasteiger partial charge in [0.2, 0.25) is 0 Å². The van der Waals surface area contributed by atoms with E-state index < -0.39 is 0 Å². The number of rotatable bonds is 9. The van der Waals surface area contributed by atoms with Crippen LogP contribution in [0.5, 0.6) is 0 Å².